The van der Waals surface area contributed by atoms with Gasteiger partial charge < -0.3 is 0 Å². The van der Waals surface area contributed by atoms with E-state index in [1.165, 1.54) is 0 Å². The molecule has 0 aliphatic rings. The van der Waals surface area contributed by atoms with Gasteiger partial charge >= 0.3 is 0 Å². The molecule has 0 spiro atoms. The minimum atomic E-state index is 0.228. The largest absolute Gasteiger partial charge is 0.271 e. The molecule has 1 heterocycles. The van der Waals surface area contributed by atoms with Crippen molar-refractivity contribution in [3.05, 3.63) is 16.4 Å². The third-order valence-electron chi connectivity index (χ3n) is 2.98. The molecule has 0 saturated heterocycles. The van der Waals surface area contributed by atoms with Gasteiger partial charge in [-0.2, -0.15) is 5.10 Å². The van der Waals surface area contributed by atoms with E-state index in [-0.39, 0.29) is 5.41 Å². The number of alkyl halides is 1. The van der Waals surface area contributed by atoms with E-state index in [2.05, 4.69) is 48.7 Å². The number of rotatable bonds is 5. The predicted octanol–water partition coefficient (Wildman–Crippen LogP) is 4.38. The quantitative estimate of drug-likeness (QED) is 0.736. The van der Waals surface area contributed by atoms with Crippen LogP contribution in [0.4, 0.5) is 0 Å². The molecule has 0 radical (unpaired) electrons. The van der Waals surface area contributed by atoms with Crippen LogP contribution in [0.15, 0.2) is 0 Å². The van der Waals surface area contributed by atoms with Crippen LogP contribution in [-0.4, -0.2) is 14.6 Å². The molecule has 0 amide bonds. The van der Waals surface area contributed by atoms with Gasteiger partial charge in [0.1, 0.15) is 0 Å². The van der Waals surface area contributed by atoms with Crippen LogP contribution in [0.3, 0.4) is 0 Å². The Morgan fingerprint density at radius 1 is 1.47 bits per heavy atom. The summed E-state index contributed by atoms with van der Waals surface area (Å²) in [5.41, 5.74) is 2.39. The average molecular weight is 322 g/mol. The average Bonchev–Trinajstić information content (AvgIpc) is 2.42. The van der Waals surface area contributed by atoms with Crippen LogP contribution in [0.5, 0.6) is 0 Å². The molecule has 0 aliphatic heterocycles. The SMILES string of the molecule is CCc1nn(C)c(CC(C)(C)CC(C)Br)c1Cl. The van der Waals surface area contributed by atoms with Crippen LogP contribution in [0.2, 0.25) is 5.02 Å². The van der Waals surface area contributed by atoms with Crippen LogP contribution < -0.4 is 0 Å². The summed E-state index contributed by atoms with van der Waals surface area (Å²) < 4.78 is 1.93. The van der Waals surface area contributed by atoms with E-state index in [4.69, 9.17) is 11.6 Å². The molecular weight excluding hydrogens is 300 g/mol. The highest BCUT2D eigenvalue weighted by molar-refractivity contribution is 9.09. The van der Waals surface area contributed by atoms with E-state index in [1.54, 1.807) is 0 Å². The molecule has 17 heavy (non-hydrogen) atoms. The first-order valence-electron chi connectivity index (χ1n) is 6.11. The maximum atomic E-state index is 6.38. The second-order valence-electron chi connectivity index (χ2n) is 5.51. The number of nitrogens with zero attached hydrogens (tertiary/aromatic N) is 2. The predicted molar refractivity (Wildman–Crippen MR) is 78.1 cm³/mol. The van der Waals surface area contributed by atoms with Gasteiger partial charge in [0.05, 0.1) is 16.4 Å². The van der Waals surface area contributed by atoms with Crippen molar-refractivity contribution in [1.82, 2.24) is 9.78 Å². The molecule has 1 unspecified atom stereocenters. The summed E-state index contributed by atoms with van der Waals surface area (Å²) in [6.45, 7) is 8.83. The Morgan fingerprint density at radius 3 is 2.47 bits per heavy atom. The van der Waals surface area contributed by atoms with E-state index in [0.29, 0.717) is 4.83 Å². The Hall–Kier alpha value is -0.0200. The van der Waals surface area contributed by atoms with Gasteiger partial charge in [-0.1, -0.05) is 55.2 Å². The second-order valence-corrected chi connectivity index (χ2v) is 7.45. The Morgan fingerprint density at radius 2 is 2.06 bits per heavy atom. The van der Waals surface area contributed by atoms with Crippen molar-refractivity contribution < 1.29 is 0 Å². The first-order valence-corrected chi connectivity index (χ1v) is 7.40. The van der Waals surface area contributed by atoms with Gasteiger partial charge in [0.25, 0.3) is 0 Å². The summed E-state index contributed by atoms with van der Waals surface area (Å²) in [7, 11) is 1.98. The lowest BCUT2D eigenvalue weighted by atomic mass is 9.83. The molecule has 1 aromatic rings. The highest BCUT2D eigenvalue weighted by atomic mass is 79.9. The summed E-state index contributed by atoms with van der Waals surface area (Å²) >= 11 is 10.0. The number of halogens is 2. The third kappa shape index (κ3) is 3.99. The molecule has 0 aromatic carbocycles. The van der Waals surface area contributed by atoms with Gasteiger partial charge in [-0.25, -0.2) is 0 Å². The normalized spacial score (nSPS) is 14.1. The zero-order chi connectivity index (χ0) is 13.2. The molecule has 98 valence electrons. The van der Waals surface area contributed by atoms with Crippen molar-refractivity contribution in [3.63, 3.8) is 0 Å². The summed E-state index contributed by atoms with van der Waals surface area (Å²) in [5.74, 6) is 0. The molecule has 1 atom stereocenters. The lowest BCUT2D eigenvalue weighted by Gasteiger charge is -2.26. The van der Waals surface area contributed by atoms with E-state index >= 15 is 0 Å². The van der Waals surface area contributed by atoms with Gasteiger partial charge in [0.15, 0.2) is 0 Å². The monoisotopic (exact) mass is 320 g/mol. The molecule has 1 rings (SSSR count). The summed E-state index contributed by atoms with van der Waals surface area (Å²) in [4.78, 5) is 0.523. The highest BCUT2D eigenvalue weighted by Crippen LogP contribution is 2.33. The topological polar surface area (TPSA) is 17.8 Å². The van der Waals surface area contributed by atoms with Crippen LogP contribution in [0.25, 0.3) is 0 Å². The Balaban J connectivity index is 2.91. The Kier molecular flexibility index (Phi) is 5.08. The maximum Gasteiger partial charge on any atom is 0.0849 e. The smallest absolute Gasteiger partial charge is 0.0849 e. The van der Waals surface area contributed by atoms with Gasteiger partial charge in [0.2, 0.25) is 0 Å². The first-order chi connectivity index (χ1) is 7.76. The minimum Gasteiger partial charge on any atom is -0.271 e. The van der Waals surface area contributed by atoms with Gasteiger partial charge in [0, 0.05) is 11.9 Å². The summed E-state index contributed by atoms with van der Waals surface area (Å²) in [6.07, 6.45) is 2.98. The van der Waals surface area contributed by atoms with Crippen LogP contribution in [0.1, 0.15) is 45.5 Å². The number of aryl methyl sites for hydroxylation is 2. The first kappa shape index (κ1) is 15.0. The third-order valence-corrected chi connectivity index (χ3v) is 3.74. The van der Waals surface area contributed by atoms with E-state index < -0.39 is 0 Å². The van der Waals surface area contributed by atoms with E-state index in [9.17, 15) is 0 Å². The van der Waals surface area contributed by atoms with Crippen LogP contribution in [-0.2, 0) is 19.9 Å². The molecule has 0 aliphatic carbocycles. The van der Waals surface area contributed by atoms with Crippen molar-refractivity contribution in [2.75, 3.05) is 0 Å². The second kappa shape index (κ2) is 5.75. The molecule has 4 heteroatoms. The highest BCUT2D eigenvalue weighted by Gasteiger charge is 2.25. The lowest BCUT2D eigenvalue weighted by molar-refractivity contribution is 0.326. The minimum absolute atomic E-state index is 0.228. The Bertz CT molecular complexity index is 383. The van der Waals surface area contributed by atoms with E-state index in [1.807, 2.05) is 11.7 Å². The van der Waals surface area contributed by atoms with Gasteiger partial charge in [-0.15, -0.1) is 0 Å². The number of hydrogen-bond acceptors (Lipinski definition) is 1. The fourth-order valence-electron chi connectivity index (χ4n) is 2.30. The number of aromatic nitrogens is 2. The zero-order valence-electron chi connectivity index (χ0n) is 11.3. The molecular formula is C13H22BrClN2. The maximum absolute atomic E-state index is 6.38. The van der Waals surface area contributed by atoms with Gasteiger partial charge in [-0.05, 0) is 24.7 Å². The number of hydrogen-bond donors (Lipinski definition) is 0. The van der Waals surface area contributed by atoms with Crippen molar-refractivity contribution in [1.29, 1.82) is 0 Å². The van der Waals surface area contributed by atoms with Crippen LogP contribution >= 0.6 is 27.5 Å². The fraction of sp³-hybridized carbons (Fsp3) is 0.769. The molecule has 0 saturated carbocycles. The van der Waals surface area contributed by atoms with E-state index in [0.717, 1.165) is 35.7 Å². The fourth-order valence-corrected chi connectivity index (χ4v) is 3.54. The standard InChI is InChI=1S/C13H22BrClN2/c1-6-10-12(15)11(17(5)16-10)8-13(3,4)7-9(2)14/h9H,6-8H2,1-5H3. The molecule has 1 aromatic heterocycles. The lowest BCUT2D eigenvalue weighted by Crippen LogP contribution is -2.20. The summed E-state index contributed by atoms with van der Waals surface area (Å²) in [6, 6.07) is 0. The molecule has 0 N–H and O–H groups in total. The van der Waals surface area contributed by atoms with Crippen LogP contribution in [0, 0.1) is 5.41 Å². The van der Waals surface area contributed by atoms with Crippen molar-refractivity contribution in [2.24, 2.45) is 12.5 Å². The van der Waals surface area contributed by atoms with Gasteiger partial charge in [-0.3, -0.25) is 4.68 Å². The zero-order valence-corrected chi connectivity index (χ0v) is 13.7. The van der Waals surface area contributed by atoms with Crippen molar-refractivity contribution >= 4 is 27.5 Å². The molecule has 0 bridgehead atoms. The summed E-state index contributed by atoms with van der Waals surface area (Å²) in [5, 5.41) is 5.32. The van der Waals surface area contributed by atoms with Crippen molar-refractivity contribution in [2.45, 2.75) is 51.8 Å². The van der Waals surface area contributed by atoms with Crippen molar-refractivity contribution in [3.8, 4) is 0 Å². The molecule has 2 nitrogen and oxygen atoms in total. The Labute approximate surface area is 118 Å². The molecule has 0 fully saturated rings.